The van der Waals surface area contributed by atoms with Crippen LogP contribution in [0.5, 0.6) is 0 Å². The van der Waals surface area contributed by atoms with E-state index in [2.05, 4.69) is 115 Å². The van der Waals surface area contributed by atoms with E-state index in [0.717, 1.165) is 49.8 Å². The van der Waals surface area contributed by atoms with Gasteiger partial charge in [-0.3, -0.25) is 0 Å². The molecule has 8 aromatic carbocycles. The molecule has 4 nitrogen and oxygen atoms in total. The molecule has 11 aromatic rings. The van der Waals surface area contributed by atoms with Gasteiger partial charge in [-0.15, -0.1) is 11.3 Å². The predicted molar refractivity (Wildman–Crippen MR) is 217 cm³/mol. The second-order valence-electron chi connectivity index (χ2n) is 13.1. The Labute approximate surface area is 302 Å². The van der Waals surface area contributed by atoms with Crippen molar-refractivity contribution in [2.24, 2.45) is 0 Å². The highest BCUT2D eigenvalue weighted by atomic mass is 32.1. The molecule has 0 saturated carbocycles. The zero-order valence-corrected chi connectivity index (χ0v) is 28.6. The van der Waals surface area contributed by atoms with Crippen LogP contribution in [-0.2, 0) is 0 Å². The summed E-state index contributed by atoms with van der Waals surface area (Å²) in [6.45, 7) is 0. The van der Waals surface area contributed by atoms with Crippen LogP contribution in [0.2, 0.25) is 0 Å². The Kier molecular flexibility index (Phi) is 6.39. The summed E-state index contributed by atoms with van der Waals surface area (Å²) >= 11 is 1.87. The first-order valence-electron chi connectivity index (χ1n) is 17.4. The van der Waals surface area contributed by atoms with E-state index in [1.807, 2.05) is 59.9 Å². The van der Waals surface area contributed by atoms with Gasteiger partial charge in [-0.05, 0) is 46.0 Å². The molecule has 52 heavy (non-hydrogen) atoms. The van der Waals surface area contributed by atoms with Crippen molar-refractivity contribution in [2.75, 3.05) is 0 Å². The van der Waals surface area contributed by atoms with Gasteiger partial charge in [0.2, 0.25) is 0 Å². The summed E-state index contributed by atoms with van der Waals surface area (Å²) in [7, 11) is 0. The lowest BCUT2D eigenvalue weighted by molar-refractivity contribution is 0.669. The Morgan fingerprint density at radius 1 is 0.365 bits per heavy atom. The fourth-order valence-electron chi connectivity index (χ4n) is 7.69. The van der Waals surface area contributed by atoms with Gasteiger partial charge in [0.05, 0.1) is 0 Å². The number of hydrogen-bond donors (Lipinski definition) is 0. The zero-order valence-electron chi connectivity index (χ0n) is 27.7. The van der Waals surface area contributed by atoms with E-state index < -0.39 is 0 Å². The summed E-state index contributed by atoms with van der Waals surface area (Å²) in [4.78, 5) is 15.6. The molecule has 0 aliphatic rings. The second-order valence-corrected chi connectivity index (χ2v) is 14.2. The van der Waals surface area contributed by atoms with E-state index in [1.165, 1.54) is 41.7 Å². The Balaban J connectivity index is 1.22. The largest absolute Gasteiger partial charge is 0.456 e. The van der Waals surface area contributed by atoms with Crippen molar-refractivity contribution in [1.29, 1.82) is 0 Å². The molecule has 0 amide bonds. The van der Waals surface area contributed by atoms with Crippen LogP contribution >= 0.6 is 11.3 Å². The van der Waals surface area contributed by atoms with E-state index in [1.54, 1.807) is 0 Å². The monoisotopic (exact) mass is 681 g/mol. The molecule has 5 heteroatoms. The van der Waals surface area contributed by atoms with E-state index in [0.29, 0.717) is 17.5 Å². The van der Waals surface area contributed by atoms with Crippen LogP contribution in [-0.4, -0.2) is 15.0 Å². The first kappa shape index (κ1) is 29.1. The third kappa shape index (κ3) is 4.50. The van der Waals surface area contributed by atoms with Crippen LogP contribution in [0.15, 0.2) is 168 Å². The molecule has 0 aliphatic heterocycles. The summed E-state index contributed by atoms with van der Waals surface area (Å²) < 4.78 is 8.81. The van der Waals surface area contributed by atoms with Crippen LogP contribution in [0, 0.1) is 0 Å². The lowest BCUT2D eigenvalue weighted by atomic mass is 9.97. The topological polar surface area (TPSA) is 51.8 Å². The number of thiophene rings is 1. The Hall–Kier alpha value is -6.69. The maximum Gasteiger partial charge on any atom is 0.164 e. The molecule has 11 rings (SSSR count). The number of benzene rings is 8. The minimum Gasteiger partial charge on any atom is -0.456 e. The van der Waals surface area contributed by atoms with E-state index in [4.69, 9.17) is 19.4 Å². The Bertz CT molecular complexity index is 3180. The van der Waals surface area contributed by atoms with Crippen molar-refractivity contribution >= 4 is 75.0 Å². The Morgan fingerprint density at radius 2 is 1.02 bits per heavy atom. The molecule has 3 heterocycles. The highest BCUT2D eigenvalue weighted by Gasteiger charge is 2.21. The van der Waals surface area contributed by atoms with Gasteiger partial charge in [-0.2, -0.15) is 0 Å². The molecular formula is C47H27N3OS. The van der Waals surface area contributed by atoms with Crippen molar-refractivity contribution < 1.29 is 4.42 Å². The third-order valence-electron chi connectivity index (χ3n) is 10.1. The summed E-state index contributed by atoms with van der Waals surface area (Å²) in [6, 6.07) is 57.3. The second kappa shape index (κ2) is 11.4. The van der Waals surface area contributed by atoms with Gasteiger partial charge in [-0.25, -0.2) is 15.0 Å². The van der Waals surface area contributed by atoms with Crippen molar-refractivity contribution in [3.05, 3.63) is 164 Å². The number of para-hydroxylation sites is 1. The molecule has 0 bridgehead atoms. The van der Waals surface area contributed by atoms with Crippen LogP contribution in [0.4, 0.5) is 0 Å². The number of aromatic nitrogens is 3. The molecular weight excluding hydrogens is 655 g/mol. The van der Waals surface area contributed by atoms with Gasteiger partial charge < -0.3 is 4.42 Å². The van der Waals surface area contributed by atoms with Crippen molar-refractivity contribution in [2.45, 2.75) is 0 Å². The Morgan fingerprint density at radius 3 is 1.87 bits per heavy atom. The van der Waals surface area contributed by atoms with Crippen LogP contribution < -0.4 is 0 Å². The fourth-order valence-corrected chi connectivity index (χ4v) is 9.07. The van der Waals surface area contributed by atoms with Gasteiger partial charge in [0, 0.05) is 58.6 Å². The van der Waals surface area contributed by atoms with Crippen LogP contribution in [0.3, 0.4) is 0 Å². The van der Waals surface area contributed by atoms with Gasteiger partial charge in [0.1, 0.15) is 11.2 Å². The summed E-state index contributed by atoms with van der Waals surface area (Å²) in [5.74, 6) is 1.85. The fraction of sp³-hybridized carbons (Fsp3) is 0. The number of fused-ring (bicyclic) bond motifs is 10. The normalized spacial score (nSPS) is 11.8. The van der Waals surface area contributed by atoms with Crippen LogP contribution in [0.1, 0.15) is 0 Å². The number of hydrogen-bond acceptors (Lipinski definition) is 5. The highest BCUT2D eigenvalue weighted by Crippen LogP contribution is 2.46. The lowest BCUT2D eigenvalue weighted by Gasteiger charge is -2.11. The maximum atomic E-state index is 6.28. The van der Waals surface area contributed by atoms with Gasteiger partial charge in [0.15, 0.2) is 17.5 Å². The summed E-state index contributed by atoms with van der Waals surface area (Å²) in [5, 5.41) is 9.52. The first-order chi connectivity index (χ1) is 25.8. The molecule has 0 aliphatic carbocycles. The molecule has 3 aromatic heterocycles. The average molecular weight is 682 g/mol. The minimum absolute atomic E-state index is 0.606. The average Bonchev–Trinajstić information content (AvgIpc) is 3.79. The molecule has 0 spiro atoms. The van der Waals surface area contributed by atoms with Crippen molar-refractivity contribution in [1.82, 2.24) is 15.0 Å². The smallest absolute Gasteiger partial charge is 0.164 e. The van der Waals surface area contributed by atoms with E-state index >= 15 is 0 Å². The van der Waals surface area contributed by atoms with Gasteiger partial charge in [-0.1, -0.05) is 140 Å². The molecule has 0 saturated heterocycles. The minimum atomic E-state index is 0.606. The molecule has 0 N–H and O–H groups in total. The lowest BCUT2D eigenvalue weighted by Crippen LogP contribution is -2.00. The van der Waals surface area contributed by atoms with E-state index in [-0.39, 0.29) is 0 Å². The quantitative estimate of drug-likeness (QED) is 0.174. The number of furan rings is 1. The van der Waals surface area contributed by atoms with Gasteiger partial charge >= 0.3 is 0 Å². The number of rotatable bonds is 4. The molecule has 0 fully saturated rings. The molecule has 0 unspecified atom stereocenters. The highest BCUT2D eigenvalue weighted by molar-refractivity contribution is 7.27. The zero-order chi connectivity index (χ0) is 34.2. The predicted octanol–water partition coefficient (Wildman–Crippen LogP) is 13.1. The van der Waals surface area contributed by atoms with Crippen molar-refractivity contribution in [3.63, 3.8) is 0 Å². The third-order valence-corrected chi connectivity index (χ3v) is 11.4. The van der Waals surface area contributed by atoms with E-state index in [9.17, 15) is 0 Å². The summed E-state index contributed by atoms with van der Waals surface area (Å²) in [5.41, 5.74) is 6.74. The van der Waals surface area contributed by atoms with Crippen LogP contribution in [0.25, 0.3) is 109 Å². The maximum absolute atomic E-state index is 6.28. The first-order valence-corrected chi connectivity index (χ1v) is 18.2. The summed E-state index contributed by atoms with van der Waals surface area (Å²) in [6.07, 6.45) is 0. The van der Waals surface area contributed by atoms with Gasteiger partial charge in [0.25, 0.3) is 0 Å². The molecule has 0 radical (unpaired) electrons. The number of nitrogens with zero attached hydrogens (tertiary/aromatic N) is 3. The molecule has 0 atom stereocenters. The SMILES string of the molecule is c1ccc(-c2nc(-c3cc(-c4ccccc4)c4sc5c(ccc6ccc7ccccc7c65)c4c3)nc(-c3cccc4oc5ccccc5c34)n2)cc1. The standard InChI is InChI=1S/C47H27N3OS/c1-3-12-28(13-4-1)37-26-32(27-38-34-25-24-30-23-22-29-14-7-8-17-33(29)41(30)44(34)52-43(37)38)46-48-45(31-15-5-2-6-16-31)49-47(50-46)36-19-11-21-40-42(36)35-18-9-10-20-39(35)51-40/h1-27H. The molecule has 242 valence electrons. The van der Waals surface area contributed by atoms with Crippen molar-refractivity contribution in [3.8, 4) is 45.3 Å².